The molecule has 2 aromatic rings. The van der Waals surface area contributed by atoms with Crippen LogP contribution in [0, 0.1) is 0 Å². The summed E-state index contributed by atoms with van der Waals surface area (Å²) in [5.74, 6) is -0.325. The van der Waals surface area contributed by atoms with E-state index in [1.54, 1.807) is 43.3 Å². The third-order valence-corrected chi connectivity index (χ3v) is 6.75. The number of benzene rings is 2. The first-order chi connectivity index (χ1) is 15.7. The Balaban J connectivity index is 1.79. The van der Waals surface area contributed by atoms with Crippen molar-refractivity contribution in [2.75, 3.05) is 20.3 Å². The number of imide groups is 1. The highest BCUT2D eigenvalue weighted by atomic mass is 79.9. The Labute approximate surface area is 213 Å². The number of esters is 1. The molecule has 2 aromatic carbocycles. The quantitative estimate of drug-likeness (QED) is 0.285. The van der Waals surface area contributed by atoms with E-state index in [1.807, 2.05) is 0 Å². The highest BCUT2D eigenvalue weighted by molar-refractivity contribution is 9.10. The summed E-state index contributed by atoms with van der Waals surface area (Å²) in [4.78, 5) is 37.5. The second-order valence-electron chi connectivity index (χ2n) is 6.63. The van der Waals surface area contributed by atoms with Gasteiger partial charge in [0.05, 0.1) is 28.7 Å². The molecule has 1 fully saturated rings. The molecule has 3 rings (SSSR count). The van der Waals surface area contributed by atoms with Gasteiger partial charge < -0.3 is 14.2 Å². The lowest BCUT2D eigenvalue weighted by molar-refractivity contribution is -0.145. The van der Waals surface area contributed by atoms with Crippen molar-refractivity contribution >= 4 is 74.1 Å². The van der Waals surface area contributed by atoms with E-state index in [2.05, 4.69) is 15.9 Å². The predicted molar refractivity (Wildman–Crippen MR) is 131 cm³/mol. The molecule has 174 valence electrons. The molecule has 0 unspecified atom stereocenters. The smallest absolute Gasteiger partial charge is 0.326 e. The summed E-state index contributed by atoms with van der Waals surface area (Å²) < 4.78 is 16.7. The summed E-state index contributed by atoms with van der Waals surface area (Å²) in [6, 6.07) is 8.58. The van der Waals surface area contributed by atoms with Crippen molar-refractivity contribution in [2.24, 2.45) is 0 Å². The number of halogens is 3. The number of rotatable bonds is 8. The molecule has 0 bridgehead atoms. The molecule has 11 heteroatoms. The van der Waals surface area contributed by atoms with Gasteiger partial charge in [0.15, 0.2) is 11.5 Å². The number of thioether (sulfide) groups is 1. The molecule has 0 N–H and O–H groups in total. The van der Waals surface area contributed by atoms with Crippen LogP contribution in [0.1, 0.15) is 18.1 Å². The van der Waals surface area contributed by atoms with E-state index in [0.29, 0.717) is 31.6 Å². The fourth-order valence-corrected chi connectivity index (χ4v) is 4.42. The Morgan fingerprint density at radius 2 is 1.91 bits per heavy atom. The van der Waals surface area contributed by atoms with Gasteiger partial charge in [-0.3, -0.25) is 19.3 Å². The van der Waals surface area contributed by atoms with Crippen LogP contribution in [0.25, 0.3) is 6.08 Å². The van der Waals surface area contributed by atoms with Crippen LogP contribution in [0.4, 0.5) is 4.79 Å². The van der Waals surface area contributed by atoms with Crippen LogP contribution >= 0.6 is 50.9 Å². The van der Waals surface area contributed by atoms with Crippen LogP contribution < -0.4 is 9.47 Å². The van der Waals surface area contributed by atoms with Gasteiger partial charge in [-0.15, -0.1) is 0 Å². The van der Waals surface area contributed by atoms with Gasteiger partial charge in [0.1, 0.15) is 13.2 Å². The van der Waals surface area contributed by atoms with Gasteiger partial charge in [-0.2, -0.15) is 0 Å². The van der Waals surface area contributed by atoms with Gasteiger partial charge in [0, 0.05) is 4.47 Å². The van der Waals surface area contributed by atoms with Crippen LogP contribution in [0.15, 0.2) is 39.7 Å². The van der Waals surface area contributed by atoms with Crippen molar-refractivity contribution in [1.29, 1.82) is 0 Å². The average molecular weight is 575 g/mol. The van der Waals surface area contributed by atoms with Crippen molar-refractivity contribution in [2.45, 2.75) is 13.5 Å². The fourth-order valence-electron chi connectivity index (χ4n) is 2.84. The minimum absolute atomic E-state index is 0.164. The zero-order chi connectivity index (χ0) is 24.1. The van der Waals surface area contributed by atoms with Crippen molar-refractivity contribution in [1.82, 2.24) is 4.90 Å². The summed E-state index contributed by atoms with van der Waals surface area (Å²) in [5, 5.41) is 0.346. The third kappa shape index (κ3) is 6.23. The molecule has 0 aliphatic carbocycles. The molecule has 0 aromatic heterocycles. The molecule has 1 saturated heterocycles. The van der Waals surface area contributed by atoms with Gasteiger partial charge in [0.25, 0.3) is 11.1 Å². The molecule has 7 nitrogen and oxygen atoms in total. The lowest BCUT2D eigenvalue weighted by Gasteiger charge is -2.13. The molecular weight excluding hydrogens is 557 g/mol. The molecular formula is C22H18BrCl2NO6S. The number of hydrogen-bond donors (Lipinski definition) is 0. The summed E-state index contributed by atoms with van der Waals surface area (Å²) in [5.41, 5.74) is 1.41. The molecule has 0 radical (unpaired) electrons. The number of amides is 2. The van der Waals surface area contributed by atoms with E-state index >= 15 is 0 Å². The standard InChI is InChI=1S/C22H18BrCl2NO6S/c1-3-31-20(27)10-26-21(28)19(33-22(26)29)8-13-7-17(30-2)18(9-14(13)23)32-11-12-4-5-15(24)16(25)6-12/h4-9H,3,10-11H2,1-2H3. The van der Waals surface area contributed by atoms with E-state index in [0.717, 1.165) is 22.2 Å². The van der Waals surface area contributed by atoms with Crippen LogP contribution in [-0.4, -0.2) is 42.3 Å². The van der Waals surface area contributed by atoms with Crippen molar-refractivity contribution in [3.05, 3.63) is 60.9 Å². The number of nitrogens with zero attached hydrogens (tertiary/aromatic N) is 1. The first-order valence-corrected chi connectivity index (χ1v) is 11.9. The summed E-state index contributed by atoms with van der Waals surface area (Å²) in [6.07, 6.45) is 1.55. The predicted octanol–water partition coefficient (Wildman–Crippen LogP) is 5.94. The lowest BCUT2D eigenvalue weighted by Crippen LogP contribution is -2.34. The topological polar surface area (TPSA) is 82.1 Å². The van der Waals surface area contributed by atoms with E-state index < -0.39 is 23.7 Å². The summed E-state index contributed by atoms with van der Waals surface area (Å²) >= 11 is 16.2. The number of methoxy groups -OCH3 is 1. The van der Waals surface area contributed by atoms with E-state index in [9.17, 15) is 14.4 Å². The van der Waals surface area contributed by atoms with Crippen molar-refractivity contribution in [3.63, 3.8) is 0 Å². The van der Waals surface area contributed by atoms with E-state index in [1.165, 1.54) is 7.11 Å². The van der Waals surface area contributed by atoms with Gasteiger partial charge in [-0.1, -0.05) is 45.2 Å². The number of carbonyl (C=O) groups is 3. The van der Waals surface area contributed by atoms with Gasteiger partial charge in [0.2, 0.25) is 0 Å². The average Bonchev–Trinajstić information content (AvgIpc) is 3.03. The number of hydrogen-bond acceptors (Lipinski definition) is 7. The molecule has 1 heterocycles. The Morgan fingerprint density at radius 3 is 2.58 bits per heavy atom. The minimum Gasteiger partial charge on any atom is -0.493 e. The molecule has 0 saturated carbocycles. The maximum absolute atomic E-state index is 12.6. The summed E-state index contributed by atoms with van der Waals surface area (Å²) in [6.45, 7) is 1.61. The SMILES string of the molecule is CCOC(=O)CN1C(=O)SC(=Cc2cc(OC)c(OCc3ccc(Cl)c(Cl)c3)cc2Br)C1=O. The molecule has 2 amide bonds. The highest BCUT2D eigenvalue weighted by Crippen LogP contribution is 2.38. The Kier molecular flexibility index (Phi) is 8.69. The lowest BCUT2D eigenvalue weighted by atomic mass is 10.1. The van der Waals surface area contributed by atoms with Gasteiger partial charge in [-0.25, -0.2) is 0 Å². The zero-order valence-corrected chi connectivity index (χ0v) is 21.4. The third-order valence-electron chi connectivity index (χ3n) is 4.41. The molecule has 0 spiro atoms. The first kappa shape index (κ1) is 25.4. The van der Waals surface area contributed by atoms with E-state index in [4.69, 9.17) is 37.4 Å². The van der Waals surface area contributed by atoms with Gasteiger partial charge in [-0.05, 0) is 60.2 Å². The minimum atomic E-state index is -0.646. The van der Waals surface area contributed by atoms with Gasteiger partial charge >= 0.3 is 5.97 Å². The van der Waals surface area contributed by atoms with E-state index in [-0.39, 0.29) is 18.1 Å². The second kappa shape index (κ2) is 11.3. The normalized spacial score (nSPS) is 14.7. The Hall–Kier alpha value is -2.20. The van der Waals surface area contributed by atoms with Crippen LogP contribution in [0.3, 0.4) is 0 Å². The highest BCUT2D eigenvalue weighted by Gasteiger charge is 2.36. The second-order valence-corrected chi connectivity index (χ2v) is 9.30. The molecule has 1 aliphatic rings. The molecule has 33 heavy (non-hydrogen) atoms. The van der Waals surface area contributed by atoms with Crippen molar-refractivity contribution in [3.8, 4) is 11.5 Å². The van der Waals surface area contributed by atoms with Crippen LogP contribution in [0.2, 0.25) is 10.0 Å². The maximum atomic E-state index is 12.6. The monoisotopic (exact) mass is 573 g/mol. The van der Waals surface area contributed by atoms with Crippen molar-refractivity contribution < 1.29 is 28.6 Å². The largest absolute Gasteiger partial charge is 0.493 e. The zero-order valence-electron chi connectivity index (χ0n) is 17.5. The summed E-state index contributed by atoms with van der Waals surface area (Å²) in [7, 11) is 1.49. The maximum Gasteiger partial charge on any atom is 0.326 e. The Bertz CT molecular complexity index is 1140. The number of carbonyl (C=O) groups excluding carboxylic acids is 3. The fraction of sp³-hybridized carbons (Fsp3) is 0.227. The number of ether oxygens (including phenoxy) is 3. The first-order valence-electron chi connectivity index (χ1n) is 9.58. The van der Waals surface area contributed by atoms with Crippen LogP contribution in [0.5, 0.6) is 11.5 Å². The Morgan fingerprint density at radius 1 is 1.15 bits per heavy atom. The van der Waals surface area contributed by atoms with Crippen LogP contribution in [-0.2, 0) is 20.9 Å². The molecule has 1 aliphatic heterocycles. The molecule has 0 atom stereocenters.